The number of benzene rings is 1. The molecule has 0 amide bonds. The lowest BCUT2D eigenvalue weighted by molar-refractivity contribution is 0.412. The molecule has 1 atom stereocenters. The zero-order valence-corrected chi connectivity index (χ0v) is 11.7. The number of aromatic nitrogens is 1. The van der Waals surface area contributed by atoms with Crippen LogP contribution in [-0.2, 0) is 6.42 Å². The minimum Gasteiger partial charge on any atom is -0.496 e. The first-order valence-electron chi connectivity index (χ1n) is 5.69. The van der Waals surface area contributed by atoms with Gasteiger partial charge in [-0.15, -0.1) is 0 Å². The number of nitrogens with two attached hydrogens (primary N) is 1. The zero-order valence-electron chi connectivity index (χ0n) is 10.1. The van der Waals surface area contributed by atoms with Gasteiger partial charge in [0.2, 0.25) is 0 Å². The molecular formula is C14H15BrN2O. The van der Waals surface area contributed by atoms with Crippen LogP contribution in [0.4, 0.5) is 0 Å². The molecule has 0 radical (unpaired) electrons. The number of rotatable bonds is 4. The van der Waals surface area contributed by atoms with Crippen LogP contribution in [0.5, 0.6) is 5.75 Å². The van der Waals surface area contributed by atoms with Gasteiger partial charge in [0.1, 0.15) is 5.75 Å². The third-order valence-electron chi connectivity index (χ3n) is 2.74. The summed E-state index contributed by atoms with van der Waals surface area (Å²) in [4.78, 5) is 4.27. The van der Waals surface area contributed by atoms with Crippen molar-refractivity contribution in [1.82, 2.24) is 4.98 Å². The maximum absolute atomic E-state index is 6.14. The molecule has 0 aliphatic carbocycles. The molecule has 18 heavy (non-hydrogen) atoms. The van der Waals surface area contributed by atoms with Gasteiger partial charge in [-0.2, -0.15) is 0 Å². The van der Waals surface area contributed by atoms with Crippen LogP contribution in [0.25, 0.3) is 0 Å². The highest BCUT2D eigenvalue weighted by Crippen LogP contribution is 2.27. The van der Waals surface area contributed by atoms with Crippen LogP contribution in [0.2, 0.25) is 0 Å². The van der Waals surface area contributed by atoms with E-state index in [2.05, 4.69) is 20.9 Å². The summed E-state index contributed by atoms with van der Waals surface area (Å²) in [6.45, 7) is 0. The van der Waals surface area contributed by atoms with E-state index >= 15 is 0 Å². The number of hydrogen-bond acceptors (Lipinski definition) is 3. The Labute approximate surface area is 115 Å². The lowest BCUT2D eigenvalue weighted by atomic mass is 10.0. The van der Waals surface area contributed by atoms with Crippen LogP contribution in [0.3, 0.4) is 0 Å². The second-order valence-electron chi connectivity index (χ2n) is 4.03. The summed E-state index contributed by atoms with van der Waals surface area (Å²) in [5.74, 6) is 0.824. The molecule has 1 heterocycles. The summed E-state index contributed by atoms with van der Waals surface area (Å²) < 4.78 is 6.14. The molecule has 1 aromatic heterocycles. The zero-order chi connectivity index (χ0) is 13.0. The van der Waals surface area contributed by atoms with E-state index < -0.39 is 0 Å². The maximum Gasteiger partial charge on any atom is 0.133 e. The molecular weight excluding hydrogens is 292 g/mol. The Morgan fingerprint density at radius 3 is 2.78 bits per heavy atom. The second-order valence-corrected chi connectivity index (χ2v) is 4.89. The van der Waals surface area contributed by atoms with Gasteiger partial charge in [-0.3, -0.25) is 4.98 Å². The summed E-state index contributed by atoms with van der Waals surface area (Å²) >= 11 is 3.47. The Hall–Kier alpha value is -1.39. The highest BCUT2D eigenvalue weighted by Gasteiger charge is 2.09. The van der Waals surface area contributed by atoms with E-state index in [0.29, 0.717) is 0 Å². The van der Waals surface area contributed by atoms with Crippen molar-refractivity contribution >= 4 is 15.9 Å². The Morgan fingerprint density at radius 1 is 1.33 bits per heavy atom. The van der Waals surface area contributed by atoms with Crippen LogP contribution >= 0.6 is 15.9 Å². The first-order valence-corrected chi connectivity index (χ1v) is 6.49. The molecule has 2 aromatic rings. The SMILES string of the molecule is COc1ccc(CC(N)c2ccccn2)cc1Br. The van der Waals surface area contributed by atoms with Crippen LogP contribution in [0.1, 0.15) is 17.3 Å². The van der Waals surface area contributed by atoms with Gasteiger partial charge in [0.25, 0.3) is 0 Å². The third-order valence-corrected chi connectivity index (χ3v) is 3.36. The van der Waals surface area contributed by atoms with Gasteiger partial charge in [-0.1, -0.05) is 12.1 Å². The first-order chi connectivity index (χ1) is 8.70. The molecule has 0 spiro atoms. The molecule has 94 valence electrons. The van der Waals surface area contributed by atoms with E-state index in [-0.39, 0.29) is 6.04 Å². The van der Waals surface area contributed by atoms with Crippen molar-refractivity contribution in [2.24, 2.45) is 5.73 Å². The average Bonchev–Trinajstić information content (AvgIpc) is 2.40. The van der Waals surface area contributed by atoms with Gasteiger partial charge in [0.15, 0.2) is 0 Å². The fourth-order valence-corrected chi connectivity index (χ4v) is 2.38. The number of methoxy groups -OCH3 is 1. The average molecular weight is 307 g/mol. The fraction of sp³-hybridized carbons (Fsp3) is 0.214. The highest BCUT2D eigenvalue weighted by atomic mass is 79.9. The number of pyridine rings is 1. The van der Waals surface area contributed by atoms with Gasteiger partial charge in [-0.05, 0) is 52.2 Å². The molecule has 1 aromatic carbocycles. The quantitative estimate of drug-likeness (QED) is 0.944. The number of ether oxygens (including phenoxy) is 1. The number of hydrogen-bond donors (Lipinski definition) is 1. The van der Waals surface area contributed by atoms with Crippen molar-refractivity contribution in [2.75, 3.05) is 7.11 Å². The van der Waals surface area contributed by atoms with E-state index in [9.17, 15) is 0 Å². The van der Waals surface area contributed by atoms with Crippen LogP contribution in [0.15, 0.2) is 47.1 Å². The molecule has 0 saturated carbocycles. The minimum atomic E-state index is -0.0912. The molecule has 0 aliphatic heterocycles. The summed E-state index contributed by atoms with van der Waals surface area (Å²) in [6, 6.07) is 11.7. The monoisotopic (exact) mass is 306 g/mol. The lowest BCUT2D eigenvalue weighted by Gasteiger charge is -2.12. The van der Waals surface area contributed by atoms with Crippen molar-refractivity contribution in [3.8, 4) is 5.75 Å². The Kier molecular flexibility index (Phi) is 4.33. The standard InChI is InChI=1S/C14H15BrN2O/c1-18-14-6-5-10(8-11(14)15)9-12(16)13-4-2-3-7-17-13/h2-8,12H,9,16H2,1H3. The predicted molar refractivity (Wildman–Crippen MR) is 75.6 cm³/mol. The van der Waals surface area contributed by atoms with E-state index in [0.717, 1.165) is 27.9 Å². The summed E-state index contributed by atoms with van der Waals surface area (Å²) in [6.07, 6.45) is 2.51. The fourth-order valence-electron chi connectivity index (χ4n) is 1.79. The molecule has 1 unspecified atom stereocenters. The highest BCUT2D eigenvalue weighted by molar-refractivity contribution is 9.10. The van der Waals surface area contributed by atoms with E-state index in [4.69, 9.17) is 10.5 Å². The largest absolute Gasteiger partial charge is 0.496 e. The molecule has 0 bridgehead atoms. The van der Waals surface area contributed by atoms with Gasteiger partial charge in [-0.25, -0.2) is 0 Å². The number of nitrogens with zero attached hydrogens (tertiary/aromatic N) is 1. The predicted octanol–water partition coefficient (Wildman–Crippen LogP) is 3.10. The van der Waals surface area contributed by atoms with Crippen molar-refractivity contribution in [3.05, 3.63) is 58.3 Å². The van der Waals surface area contributed by atoms with Gasteiger partial charge in [0, 0.05) is 6.20 Å². The Bertz CT molecular complexity index is 516. The van der Waals surface area contributed by atoms with E-state index in [1.54, 1.807) is 13.3 Å². The Morgan fingerprint density at radius 2 is 2.17 bits per heavy atom. The molecule has 0 aliphatic rings. The molecule has 0 fully saturated rings. The first kappa shape index (κ1) is 13.1. The maximum atomic E-state index is 6.14. The molecule has 2 rings (SSSR count). The lowest BCUT2D eigenvalue weighted by Crippen LogP contribution is -2.14. The third kappa shape index (κ3) is 3.09. The van der Waals surface area contributed by atoms with Gasteiger partial charge >= 0.3 is 0 Å². The van der Waals surface area contributed by atoms with Crippen molar-refractivity contribution in [2.45, 2.75) is 12.5 Å². The van der Waals surface area contributed by atoms with Crippen LogP contribution in [-0.4, -0.2) is 12.1 Å². The van der Waals surface area contributed by atoms with Gasteiger partial charge < -0.3 is 10.5 Å². The Balaban J connectivity index is 2.12. The minimum absolute atomic E-state index is 0.0912. The summed E-state index contributed by atoms with van der Waals surface area (Å²) in [5, 5.41) is 0. The van der Waals surface area contributed by atoms with Crippen LogP contribution < -0.4 is 10.5 Å². The van der Waals surface area contributed by atoms with E-state index in [1.807, 2.05) is 36.4 Å². The topological polar surface area (TPSA) is 48.1 Å². The van der Waals surface area contributed by atoms with E-state index in [1.165, 1.54) is 0 Å². The van der Waals surface area contributed by atoms with Crippen LogP contribution in [0, 0.1) is 0 Å². The molecule has 0 saturated heterocycles. The van der Waals surface area contributed by atoms with Crippen molar-refractivity contribution < 1.29 is 4.74 Å². The summed E-state index contributed by atoms with van der Waals surface area (Å²) in [5.41, 5.74) is 8.20. The number of halogens is 1. The molecule has 3 nitrogen and oxygen atoms in total. The molecule has 4 heteroatoms. The second kappa shape index (κ2) is 5.98. The van der Waals surface area contributed by atoms with Crippen molar-refractivity contribution in [3.63, 3.8) is 0 Å². The van der Waals surface area contributed by atoms with Crippen molar-refractivity contribution in [1.29, 1.82) is 0 Å². The normalized spacial score (nSPS) is 12.2. The van der Waals surface area contributed by atoms with Gasteiger partial charge in [0.05, 0.1) is 23.3 Å². The summed E-state index contributed by atoms with van der Waals surface area (Å²) in [7, 11) is 1.65. The smallest absolute Gasteiger partial charge is 0.133 e. The molecule has 2 N–H and O–H groups in total.